The molecule has 1 saturated heterocycles. The first kappa shape index (κ1) is 10.9. The Morgan fingerprint density at radius 2 is 2.29 bits per heavy atom. The summed E-state index contributed by atoms with van der Waals surface area (Å²) in [6.45, 7) is 3.34. The largest absolute Gasteiger partial charge is 0.357 e. The molecule has 2 unspecified atom stereocenters. The number of ketones is 1. The molecular formula is C14H17NO2. The van der Waals surface area contributed by atoms with Crippen LogP contribution in [0.2, 0.25) is 0 Å². The van der Waals surface area contributed by atoms with Crippen LogP contribution in [0.25, 0.3) is 0 Å². The number of benzene rings is 1. The molecule has 1 aromatic rings. The Labute approximate surface area is 101 Å². The van der Waals surface area contributed by atoms with E-state index in [1.54, 1.807) is 6.92 Å². The standard InChI is InChI=1S/C14H17NO2/c1-10(16)8-12-9-17-14-13-5-3-2-4-11(13)6-7-15(12)14/h2-5,12,14H,6-9H2,1H3. The first-order valence-electron chi connectivity index (χ1n) is 6.20. The van der Waals surface area contributed by atoms with Crippen molar-refractivity contribution in [2.45, 2.75) is 32.0 Å². The second kappa shape index (κ2) is 4.24. The van der Waals surface area contributed by atoms with Crippen LogP contribution in [0, 0.1) is 0 Å². The fourth-order valence-electron chi connectivity index (χ4n) is 2.91. The number of hydrogen-bond donors (Lipinski definition) is 0. The van der Waals surface area contributed by atoms with Crippen LogP contribution in [0.15, 0.2) is 24.3 Å². The van der Waals surface area contributed by atoms with Crippen molar-refractivity contribution in [2.24, 2.45) is 0 Å². The second-order valence-corrected chi connectivity index (χ2v) is 4.93. The van der Waals surface area contributed by atoms with Crippen LogP contribution in [-0.4, -0.2) is 29.9 Å². The average molecular weight is 231 g/mol. The molecular weight excluding hydrogens is 214 g/mol. The molecule has 2 aliphatic heterocycles. The van der Waals surface area contributed by atoms with Crippen LogP contribution in [-0.2, 0) is 16.0 Å². The lowest BCUT2D eigenvalue weighted by atomic mass is 9.97. The van der Waals surface area contributed by atoms with Crippen molar-refractivity contribution in [2.75, 3.05) is 13.2 Å². The van der Waals surface area contributed by atoms with Crippen molar-refractivity contribution >= 4 is 5.78 Å². The van der Waals surface area contributed by atoms with Crippen molar-refractivity contribution in [3.63, 3.8) is 0 Å². The van der Waals surface area contributed by atoms with E-state index in [1.807, 2.05) is 0 Å². The maximum absolute atomic E-state index is 11.2. The minimum absolute atomic E-state index is 0.0734. The van der Waals surface area contributed by atoms with Gasteiger partial charge in [-0.1, -0.05) is 24.3 Å². The summed E-state index contributed by atoms with van der Waals surface area (Å²) in [5.74, 6) is 0.248. The lowest BCUT2D eigenvalue weighted by molar-refractivity contribution is -0.118. The van der Waals surface area contributed by atoms with Gasteiger partial charge in [-0.15, -0.1) is 0 Å². The van der Waals surface area contributed by atoms with Gasteiger partial charge in [-0.05, 0) is 24.5 Å². The van der Waals surface area contributed by atoms with Crippen LogP contribution < -0.4 is 0 Å². The highest BCUT2D eigenvalue weighted by Gasteiger charge is 2.38. The van der Waals surface area contributed by atoms with Gasteiger partial charge in [0.25, 0.3) is 0 Å². The zero-order chi connectivity index (χ0) is 11.8. The molecule has 0 amide bonds. The smallest absolute Gasteiger partial charge is 0.137 e. The maximum atomic E-state index is 11.2. The molecule has 2 atom stereocenters. The van der Waals surface area contributed by atoms with Gasteiger partial charge in [0.1, 0.15) is 12.0 Å². The Morgan fingerprint density at radius 3 is 3.12 bits per heavy atom. The zero-order valence-electron chi connectivity index (χ0n) is 10.1. The van der Waals surface area contributed by atoms with Crippen LogP contribution in [0.4, 0.5) is 0 Å². The van der Waals surface area contributed by atoms with Crippen molar-refractivity contribution in [3.05, 3.63) is 35.4 Å². The first-order chi connectivity index (χ1) is 8.25. The Morgan fingerprint density at radius 1 is 1.47 bits per heavy atom. The van der Waals surface area contributed by atoms with E-state index in [-0.39, 0.29) is 18.1 Å². The number of carbonyl (C=O) groups excluding carboxylic acids is 1. The van der Waals surface area contributed by atoms with Crippen LogP contribution in [0.3, 0.4) is 0 Å². The van der Waals surface area contributed by atoms with E-state index >= 15 is 0 Å². The lowest BCUT2D eigenvalue weighted by Gasteiger charge is -2.33. The summed E-state index contributed by atoms with van der Waals surface area (Å²) >= 11 is 0. The van der Waals surface area contributed by atoms with Crippen molar-refractivity contribution < 1.29 is 9.53 Å². The molecule has 0 spiro atoms. The Bertz CT molecular complexity index is 444. The average Bonchev–Trinajstić information content (AvgIpc) is 2.72. The topological polar surface area (TPSA) is 29.5 Å². The Kier molecular flexibility index (Phi) is 2.73. The van der Waals surface area contributed by atoms with E-state index < -0.39 is 0 Å². The number of ether oxygens (including phenoxy) is 1. The molecule has 2 aliphatic rings. The Balaban J connectivity index is 1.85. The fourth-order valence-corrected chi connectivity index (χ4v) is 2.91. The molecule has 0 N–H and O–H groups in total. The third kappa shape index (κ3) is 1.90. The van der Waals surface area contributed by atoms with Gasteiger partial charge in [0.05, 0.1) is 6.61 Å². The molecule has 0 radical (unpaired) electrons. The number of fused-ring (bicyclic) bond motifs is 3. The quantitative estimate of drug-likeness (QED) is 0.779. The van der Waals surface area contributed by atoms with E-state index in [9.17, 15) is 4.79 Å². The van der Waals surface area contributed by atoms with Gasteiger partial charge in [0.15, 0.2) is 0 Å². The predicted octanol–water partition coefficient (Wildman–Crippen LogP) is 1.92. The van der Waals surface area contributed by atoms with Gasteiger partial charge in [-0.3, -0.25) is 9.69 Å². The summed E-state index contributed by atoms with van der Waals surface area (Å²) < 4.78 is 5.87. The minimum Gasteiger partial charge on any atom is -0.357 e. The number of nitrogens with zero attached hydrogens (tertiary/aromatic N) is 1. The molecule has 90 valence electrons. The molecule has 0 aliphatic carbocycles. The molecule has 1 aromatic carbocycles. The van der Waals surface area contributed by atoms with Gasteiger partial charge < -0.3 is 4.74 Å². The van der Waals surface area contributed by atoms with E-state index in [1.165, 1.54) is 11.1 Å². The van der Waals surface area contributed by atoms with Crippen molar-refractivity contribution in [1.82, 2.24) is 4.90 Å². The lowest BCUT2D eigenvalue weighted by Crippen LogP contribution is -2.38. The summed E-state index contributed by atoms with van der Waals surface area (Å²) in [6.07, 6.45) is 1.74. The number of hydrogen-bond acceptors (Lipinski definition) is 3. The zero-order valence-corrected chi connectivity index (χ0v) is 10.1. The van der Waals surface area contributed by atoms with Gasteiger partial charge in [0, 0.05) is 19.0 Å². The maximum Gasteiger partial charge on any atom is 0.137 e. The molecule has 3 nitrogen and oxygen atoms in total. The normalized spacial score (nSPS) is 27.6. The van der Waals surface area contributed by atoms with Crippen molar-refractivity contribution in [1.29, 1.82) is 0 Å². The Hall–Kier alpha value is -1.19. The van der Waals surface area contributed by atoms with E-state index in [0.717, 1.165) is 13.0 Å². The van der Waals surface area contributed by atoms with Crippen LogP contribution >= 0.6 is 0 Å². The molecule has 1 fully saturated rings. The summed E-state index contributed by atoms with van der Waals surface area (Å²) in [5.41, 5.74) is 2.67. The summed E-state index contributed by atoms with van der Waals surface area (Å²) in [4.78, 5) is 13.6. The molecule has 3 heteroatoms. The third-order valence-electron chi connectivity index (χ3n) is 3.70. The van der Waals surface area contributed by atoms with Crippen LogP contribution in [0.5, 0.6) is 0 Å². The minimum atomic E-state index is 0.0734. The molecule has 0 bridgehead atoms. The van der Waals surface area contributed by atoms with E-state index in [4.69, 9.17) is 4.74 Å². The van der Waals surface area contributed by atoms with Crippen molar-refractivity contribution in [3.8, 4) is 0 Å². The molecule has 0 aromatic heterocycles. The summed E-state index contributed by atoms with van der Waals surface area (Å²) in [5, 5.41) is 0. The van der Waals surface area contributed by atoms with Gasteiger partial charge in [0.2, 0.25) is 0 Å². The molecule has 3 rings (SSSR count). The monoisotopic (exact) mass is 231 g/mol. The summed E-state index contributed by atoms with van der Waals surface area (Å²) in [6, 6.07) is 8.72. The number of rotatable bonds is 2. The van der Waals surface area contributed by atoms with Gasteiger partial charge >= 0.3 is 0 Å². The fraction of sp³-hybridized carbons (Fsp3) is 0.500. The highest BCUT2D eigenvalue weighted by atomic mass is 16.5. The first-order valence-corrected chi connectivity index (χ1v) is 6.20. The molecule has 2 heterocycles. The van der Waals surface area contributed by atoms with Gasteiger partial charge in [-0.2, -0.15) is 0 Å². The van der Waals surface area contributed by atoms with E-state index in [2.05, 4.69) is 29.2 Å². The predicted molar refractivity (Wildman–Crippen MR) is 64.6 cm³/mol. The SMILES string of the molecule is CC(=O)CC1COC2c3ccccc3CCN12. The van der Waals surface area contributed by atoms with Crippen LogP contribution in [0.1, 0.15) is 30.7 Å². The van der Waals surface area contributed by atoms with Gasteiger partial charge in [-0.25, -0.2) is 0 Å². The van der Waals surface area contributed by atoms with E-state index in [0.29, 0.717) is 13.0 Å². The highest BCUT2D eigenvalue weighted by Crippen LogP contribution is 2.37. The summed E-state index contributed by atoms with van der Waals surface area (Å²) in [7, 11) is 0. The number of carbonyl (C=O) groups is 1. The third-order valence-corrected chi connectivity index (χ3v) is 3.70. The number of Topliss-reactive ketones (excluding diaryl/α,β-unsaturated/α-hetero) is 1. The molecule has 0 saturated carbocycles. The molecule has 17 heavy (non-hydrogen) atoms. The second-order valence-electron chi connectivity index (χ2n) is 4.93. The highest BCUT2D eigenvalue weighted by molar-refractivity contribution is 5.76.